The topological polar surface area (TPSA) is 3.24 Å². The zero-order valence-corrected chi connectivity index (χ0v) is 10.6. The van der Waals surface area contributed by atoms with Crippen LogP contribution in [0.5, 0.6) is 0 Å². The summed E-state index contributed by atoms with van der Waals surface area (Å²) in [4.78, 5) is 2.55. The standard InChI is InChI=1S/C12H25N.Li.H/c1-4-7-10-13(11-8-5-2)12-9-6-3;;/h4,7H,5-6,8-12H2,1-3H3;;/q;+1;-1. The number of unbranched alkanes of at least 4 members (excludes halogenated alkanes) is 2. The second-order valence-electron chi connectivity index (χ2n) is 3.58. The zero-order valence-electron chi connectivity index (χ0n) is 11.6. The predicted molar refractivity (Wildman–Crippen MR) is 62.2 cm³/mol. The molecule has 0 N–H and O–H groups in total. The minimum Gasteiger partial charge on any atom is -1.00 e. The summed E-state index contributed by atoms with van der Waals surface area (Å²) in [7, 11) is 0. The predicted octanol–water partition coefficient (Wildman–Crippen LogP) is 0.581. The third kappa shape index (κ3) is 10.4. The van der Waals surface area contributed by atoms with Crippen molar-refractivity contribution in [2.24, 2.45) is 0 Å². The Morgan fingerprint density at radius 2 is 1.57 bits per heavy atom. The van der Waals surface area contributed by atoms with Crippen LogP contribution >= 0.6 is 0 Å². The van der Waals surface area contributed by atoms with Gasteiger partial charge in [-0.3, -0.25) is 4.90 Å². The Balaban J connectivity index is -0.000000720. The van der Waals surface area contributed by atoms with Crippen LogP contribution in [0.3, 0.4) is 0 Å². The van der Waals surface area contributed by atoms with Crippen molar-refractivity contribution in [3.8, 4) is 0 Å². The van der Waals surface area contributed by atoms with E-state index in [4.69, 9.17) is 0 Å². The number of hydrogen-bond donors (Lipinski definition) is 0. The van der Waals surface area contributed by atoms with Crippen LogP contribution in [0.2, 0.25) is 0 Å². The summed E-state index contributed by atoms with van der Waals surface area (Å²) in [5, 5.41) is 0. The zero-order chi connectivity index (χ0) is 9.94. The van der Waals surface area contributed by atoms with Gasteiger partial charge in [0.1, 0.15) is 0 Å². The van der Waals surface area contributed by atoms with Crippen molar-refractivity contribution in [3.63, 3.8) is 0 Å². The fraction of sp³-hybridized carbons (Fsp3) is 0.833. The molecule has 0 aromatic carbocycles. The fourth-order valence-electron chi connectivity index (χ4n) is 1.31. The Labute approximate surface area is 104 Å². The molecule has 0 unspecified atom stereocenters. The van der Waals surface area contributed by atoms with E-state index in [-0.39, 0.29) is 20.3 Å². The molecule has 0 fully saturated rings. The molecule has 0 aromatic rings. The SMILES string of the molecule is CC=CCN(CCCC)CCCC.[H-].[Li+]. The van der Waals surface area contributed by atoms with Crippen LogP contribution in [0.4, 0.5) is 0 Å². The molecule has 0 aromatic heterocycles. The molecule has 0 aliphatic rings. The number of allylic oxidation sites excluding steroid dienone is 1. The molecule has 0 bridgehead atoms. The van der Waals surface area contributed by atoms with Crippen LogP contribution in [0.1, 0.15) is 47.9 Å². The van der Waals surface area contributed by atoms with Crippen LogP contribution in [0, 0.1) is 0 Å². The Morgan fingerprint density at radius 3 is 1.93 bits per heavy atom. The monoisotopic (exact) mass is 191 g/mol. The normalized spacial score (nSPS) is 10.9. The maximum Gasteiger partial charge on any atom is 1.00 e. The van der Waals surface area contributed by atoms with E-state index in [2.05, 4.69) is 37.8 Å². The number of rotatable bonds is 8. The van der Waals surface area contributed by atoms with Gasteiger partial charge in [0.25, 0.3) is 0 Å². The van der Waals surface area contributed by atoms with Crippen LogP contribution in [0.15, 0.2) is 12.2 Å². The van der Waals surface area contributed by atoms with E-state index >= 15 is 0 Å². The molecule has 0 rings (SSSR count). The smallest absolute Gasteiger partial charge is 1.00 e. The summed E-state index contributed by atoms with van der Waals surface area (Å²) in [6.07, 6.45) is 9.68. The Bertz CT molecular complexity index is 121. The second kappa shape index (κ2) is 13.3. The summed E-state index contributed by atoms with van der Waals surface area (Å²) in [6.45, 7) is 10.3. The van der Waals surface area contributed by atoms with Crippen molar-refractivity contribution in [3.05, 3.63) is 12.2 Å². The summed E-state index contributed by atoms with van der Waals surface area (Å²) in [5.41, 5.74) is 0. The van der Waals surface area contributed by atoms with Gasteiger partial charge < -0.3 is 1.43 Å². The molecular formula is C12H26LiN. The van der Waals surface area contributed by atoms with E-state index in [1.807, 2.05) is 0 Å². The van der Waals surface area contributed by atoms with Gasteiger partial charge >= 0.3 is 18.9 Å². The quantitative estimate of drug-likeness (QED) is 0.401. The Kier molecular flexibility index (Phi) is 15.9. The van der Waals surface area contributed by atoms with E-state index in [1.54, 1.807) is 0 Å². The second-order valence-corrected chi connectivity index (χ2v) is 3.58. The van der Waals surface area contributed by atoms with Gasteiger partial charge in [0.15, 0.2) is 0 Å². The molecule has 0 radical (unpaired) electrons. The Morgan fingerprint density at radius 1 is 1.07 bits per heavy atom. The molecule has 0 spiro atoms. The van der Waals surface area contributed by atoms with Crippen molar-refractivity contribution in [2.75, 3.05) is 19.6 Å². The molecule has 0 aliphatic heterocycles. The van der Waals surface area contributed by atoms with E-state index in [0.717, 1.165) is 6.54 Å². The molecule has 2 heteroatoms. The average Bonchev–Trinajstić information content (AvgIpc) is 2.17. The van der Waals surface area contributed by atoms with Gasteiger partial charge in [0, 0.05) is 6.54 Å². The number of hydrogen-bond acceptors (Lipinski definition) is 1. The molecular weight excluding hydrogens is 165 g/mol. The van der Waals surface area contributed by atoms with E-state index in [9.17, 15) is 0 Å². The maximum absolute atomic E-state index is 2.55. The summed E-state index contributed by atoms with van der Waals surface area (Å²) in [6, 6.07) is 0. The van der Waals surface area contributed by atoms with Gasteiger partial charge in [0.2, 0.25) is 0 Å². The molecule has 0 amide bonds. The first-order valence-corrected chi connectivity index (χ1v) is 5.68. The molecule has 80 valence electrons. The van der Waals surface area contributed by atoms with Gasteiger partial charge in [-0.1, -0.05) is 38.8 Å². The first-order valence-electron chi connectivity index (χ1n) is 5.68. The van der Waals surface area contributed by atoms with Crippen molar-refractivity contribution in [1.82, 2.24) is 4.90 Å². The first kappa shape index (κ1) is 16.7. The van der Waals surface area contributed by atoms with Crippen LogP contribution in [-0.2, 0) is 0 Å². The van der Waals surface area contributed by atoms with E-state index in [0.29, 0.717) is 0 Å². The number of nitrogens with zero attached hydrogens (tertiary/aromatic N) is 1. The summed E-state index contributed by atoms with van der Waals surface area (Å²) in [5.74, 6) is 0. The van der Waals surface area contributed by atoms with Crippen molar-refractivity contribution in [1.29, 1.82) is 0 Å². The van der Waals surface area contributed by atoms with Crippen molar-refractivity contribution < 1.29 is 20.3 Å². The van der Waals surface area contributed by atoms with Gasteiger partial charge in [-0.15, -0.1) is 0 Å². The minimum atomic E-state index is 0. The third-order valence-electron chi connectivity index (χ3n) is 2.26. The molecule has 0 heterocycles. The van der Waals surface area contributed by atoms with Crippen molar-refractivity contribution in [2.45, 2.75) is 46.5 Å². The molecule has 14 heavy (non-hydrogen) atoms. The molecule has 0 atom stereocenters. The van der Waals surface area contributed by atoms with Crippen LogP contribution in [0.25, 0.3) is 0 Å². The van der Waals surface area contributed by atoms with Gasteiger partial charge in [-0.25, -0.2) is 0 Å². The average molecular weight is 191 g/mol. The van der Waals surface area contributed by atoms with Gasteiger partial charge in [0.05, 0.1) is 0 Å². The summed E-state index contributed by atoms with van der Waals surface area (Å²) >= 11 is 0. The summed E-state index contributed by atoms with van der Waals surface area (Å²) < 4.78 is 0. The fourth-order valence-corrected chi connectivity index (χ4v) is 1.31. The van der Waals surface area contributed by atoms with Gasteiger partial charge in [-0.05, 0) is 32.9 Å². The van der Waals surface area contributed by atoms with Gasteiger partial charge in [-0.2, -0.15) is 0 Å². The first-order chi connectivity index (χ1) is 6.35. The van der Waals surface area contributed by atoms with E-state index in [1.165, 1.54) is 38.8 Å². The van der Waals surface area contributed by atoms with Crippen LogP contribution < -0.4 is 18.9 Å². The minimum absolute atomic E-state index is 0. The molecule has 0 saturated heterocycles. The molecule has 1 nitrogen and oxygen atoms in total. The van der Waals surface area contributed by atoms with Crippen molar-refractivity contribution >= 4 is 0 Å². The molecule has 0 aliphatic carbocycles. The largest absolute Gasteiger partial charge is 1.00 e. The Hall–Kier alpha value is 0.297. The maximum atomic E-state index is 2.55. The third-order valence-corrected chi connectivity index (χ3v) is 2.26. The van der Waals surface area contributed by atoms with E-state index < -0.39 is 0 Å². The van der Waals surface area contributed by atoms with Crippen LogP contribution in [-0.4, -0.2) is 24.5 Å². The molecule has 0 saturated carbocycles.